The van der Waals surface area contributed by atoms with E-state index in [0.29, 0.717) is 13.1 Å². The molecule has 1 aromatic rings. The number of amides is 2. The van der Waals surface area contributed by atoms with E-state index in [1.54, 1.807) is 0 Å². The summed E-state index contributed by atoms with van der Waals surface area (Å²) in [5.74, 6) is 0.849. The van der Waals surface area contributed by atoms with Crippen molar-refractivity contribution in [3.8, 4) is 5.75 Å². The second-order valence-corrected chi connectivity index (χ2v) is 8.88. The van der Waals surface area contributed by atoms with Crippen LogP contribution in [0, 0.1) is 0 Å². The molecule has 2 aliphatic heterocycles. The number of piperidine rings is 1. The Kier molecular flexibility index (Phi) is 7.94. The molecule has 2 aliphatic rings. The maximum atomic E-state index is 13.0. The van der Waals surface area contributed by atoms with Gasteiger partial charge in [0.05, 0.1) is 6.54 Å². The number of piperazine rings is 1. The minimum absolute atomic E-state index is 0. The van der Waals surface area contributed by atoms with Gasteiger partial charge in [0.15, 0.2) is 6.10 Å². The quantitative estimate of drug-likeness (QED) is 0.808. The van der Waals surface area contributed by atoms with E-state index in [9.17, 15) is 9.59 Å². The lowest BCUT2D eigenvalue weighted by Gasteiger charge is -2.41. The first-order valence-corrected chi connectivity index (χ1v) is 10.3. The average molecular weight is 424 g/mol. The summed E-state index contributed by atoms with van der Waals surface area (Å²) in [6, 6.07) is 8.09. The van der Waals surface area contributed by atoms with Crippen LogP contribution in [-0.4, -0.2) is 66.5 Å². The zero-order chi connectivity index (χ0) is 20.3. The molecular formula is C22H34ClN3O3. The van der Waals surface area contributed by atoms with Crippen molar-refractivity contribution in [2.24, 2.45) is 0 Å². The Morgan fingerprint density at radius 3 is 2.72 bits per heavy atom. The topological polar surface area (TPSA) is 61.9 Å². The zero-order valence-electron chi connectivity index (χ0n) is 17.9. The molecule has 1 N–H and O–H groups in total. The minimum Gasteiger partial charge on any atom is -0.481 e. The number of hydrogen-bond acceptors (Lipinski definition) is 4. The van der Waals surface area contributed by atoms with Crippen LogP contribution in [0.2, 0.25) is 0 Å². The molecule has 2 atom stereocenters. The lowest BCUT2D eigenvalue weighted by atomic mass is 9.87. The first-order chi connectivity index (χ1) is 13.3. The van der Waals surface area contributed by atoms with Crippen LogP contribution in [0.3, 0.4) is 0 Å². The van der Waals surface area contributed by atoms with Crippen molar-refractivity contribution in [3.63, 3.8) is 0 Å². The van der Waals surface area contributed by atoms with Crippen LogP contribution in [0.1, 0.15) is 46.1 Å². The van der Waals surface area contributed by atoms with Crippen molar-refractivity contribution < 1.29 is 14.3 Å². The van der Waals surface area contributed by atoms with E-state index in [1.807, 2.05) is 34.9 Å². The third-order valence-corrected chi connectivity index (χ3v) is 5.64. The highest BCUT2D eigenvalue weighted by Crippen LogP contribution is 2.26. The maximum Gasteiger partial charge on any atom is 0.263 e. The largest absolute Gasteiger partial charge is 0.481 e. The second kappa shape index (κ2) is 9.81. The van der Waals surface area contributed by atoms with E-state index in [2.05, 4.69) is 32.2 Å². The summed E-state index contributed by atoms with van der Waals surface area (Å²) >= 11 is 0. The van der Waals surface area contributed by atoms with E-state index >= 15 is 0 Å². The van der Waals surface area contributed by atoms with Crippen molar-refractivity contribution in [1.29, 1.82) is 0 Å². The number of carbonyl (C=O) groups excluding carboxylic acids is 2. The zero-order valence-corrected chi connectivity index (χ0v) is 18.8. The van der Waals surface area contributed by atoms with Crippen LogP contribution in [0.5, 0.6) is 5.75 Å². The lowest BCUT2D eigenvalue weighted by molar-refractivity contribution is -0.144. The normalized spacial score (nSPS) is 21.4. The SMILES string of the molecule is CC(Oc1cccc(C(C)(C)C)c1)C(=O)N1CCCC(N2CCNCC2=O)C1.Cl. The minimum atomic E-state index is -0.548. The van der Waals surface area contributed by atoms with Crippen LogP contribution in [0.25, 0.3) is 0 Å². The molecule has 0 aliphatic carbocycles. The van der Waals surface area contributed by atoms with Gasteiger partial charge in [0, 0.05) is 32.2 Å². The van der Waals surface area contributed by atoms with Gasteiger partial charge >= 0.3 is 0 Å². The summed E-state index contributed by atoms with van der Waals surface area (Å²) in [5, 5.41) is 3.11. The number of rotatable bonds is 4. The molecule has 29 heavy (non-hydrogen) atoms. The Morgan fingerprint density at radius 2 is 2.03 bits per heavy atom. The molecule has 0 saturated carbocycles. The Bertz CT molecular complexity index is 719. The van der Waals surface area contributed by atoms with E-state index in [1.165, 1.54) is 5.56 Å². The molecular weight excluding hydrogens is 390 g/mol. The highest BCUT2D eigenvalue weighted by Gasteiger charge is 2.33. The Balaban J connectivity index is 0.00000300. The summed E-state index contributed by atoms with van der Waals surface area (Å²) in [6.07, 6.45) is 1.32. The van der Waals surface area contributed by atoms with Crippen LogP contribution in [-0.2, 0) is 15.0 Å². The highest BCUT2D eigenvalue weighted by atomic mass is 35.5. The van der Waals surface area contributed by atoms with Gasteiger partial charge in [0.2, 0.25) is 5.91 Å². The van der Waals surface area contributed by atoms with Gasteiger partial charge < -0.3 is 19.9 Å². The molecule has 2 fully saturated rings. The van der Waals surface area contributed by atoms with Gasteiger partial charge in [-0.15, -0.1) is 12.4 Å². The number of likely N-dealkylation sites (tertiary alicyclic amines) is 1. The van der Waals surface area contributed by atoms with Crippen molar-refractivity contribution in [1.82, 2.24) is 15.1 Å². The number of halogens is 1. The summed E-state index contributed by atoms with van der Waals surface area (Å²) < 4.78 is 5.99. The van der Waals surface area contributed by atoms with E-state index in [4.69, 9.17) is 4.74 Å². The summed E-state index contributed by atoms with van der Waals surface area (Å²) in [6.45, 7) is 11.5. The van der Waals surface area contributed by atoms with Gasteiger partial charge in [0.1, 0.15) is 5.75 Å². The van der Waals surface area contributed by atoms with Gasteiger partial charge in [-0.05, 0) is 42.9 Å². The van der Waals surface area contributed by atoms with Gasteiger partial charge in [-0.2, -0.15) is 0 Å². The van der Waals surface area contributed by atoms with Crippen molar-refractivity contribution >= 4 is 24.2 Å². The fourth-order valence-corrected chi connectivity index (χ4v) is 3.96. The molecule has 2 amide bonds. The standard InChI is InChI=1S/C22H33N3O3.ClH/c1-16(28-19-9-5-7-17(13-19)22(2,3)4)21(27)24-11-6-8-18(15-24)25-12-10-23-14-20(25)26;/h5,7,9,13,16,18,23H,6,8,10-12,14-15H2,1-4H3;1H. The molecule has 0 aromatic heterocycles. The Hall–Kier alpha value is -1.79. The van der Waals surface area contributed by atoms with Gasteiger partial charge in [-0.25, -0.2) is 0 Å². The molecule has 2 unspecified atom stereocenters. The van der Waals surface area contributed by atoms with Crippen LogP contribution in [0.15, 0.2) is 24.3 Å². The molecule has 3 rings (SSSR count). The number of hydrogen-bond donors (Lipinski definition) is 1. The van der Waals surface area contributed by atoms with Gasteiger partial charge in [-0.3, -0.25) is 9.59 Å². The summed E-state index contributed by atoms with van der Waals surface area (Å²) in [5.41, 5.74) is 1.21. The maximum absolute atomic E-state index is 13.0. The summed E-state index contributed by atoms with van der Waals surface area (Å²) in [4.78, 5) is 29.0. The second-order valence-electron chi connectivity index (χ2n) is 8.88. The predicted molar refractivity (Wildman–Crippen MR) is 117 cm³/mol. The average Bonchev–Trinajstić information content (AvgIpc) is 2.67. The highest BCUT2D eigenvalue weighted by molar-refractivity contribution is 5.85. The molecule has 7 heteroatoms. The van der Waals surface area contributed by atoms with Crippen molar-refractivity contribution in [2.45, 2.75) is 58.1 Å². The molecule has 162 valence electrons. The Labute approximate surface area is 180 Å². The molecule has 0 spiro atoms. The summed E-state index contributed by atoms with van der Waals surface area (Å²) in [7, 11) is 0. The van der Waals surface area contributed by atoms with E-state index in [-0.39, 0.29) is 35.7 Å². The Morgan fingerprint density at radius 1 is 1.28 bits per heavy atom. The number of nitrogens with zero attached hydrogens (tertiary/aromatic N) is 2. The molecule has 1 aromatic carbocycles. The first kappa shape index (κ1) is 23.5. The third-order valence-electron chi connectivity index (χ3n) is 5.64. The van der Waals surface area contributed by atoms with Crippen LogP contribution < -0.4 is 10.1 Å². The van der Waals surface area contributed by atoms with E-state index in [0.717, 1.165) is 38.2 Å². The van der Waals surface area contributed by atoms with Crippen LogP contribution in [0.4, 0.5) is 0 Å². The van der Waals surface area contributed by atoms with Crippen molar-refractivity contribution in [3.05, 3.63) is 29.8 Å². The fourth-order valence-electron chi connectivity index (χ4n) is 3.96. The molecule has 0 bridgehead atoms. The molecule has 2 saturated heterocycles. The first-order valence-electron chi connectivity index (χ1n) is 10.3. The lowest BCUT2D eigenvalue weighted by Crippen LogP contribution is -2.58. The number of nitrogens with one attached hydrogen (secondary N) is 1. The third kappa shape index (κ3) is 5.86. The fraction of sp³-hybridized carbons (Fsp3) is 0.636. The molecule has 6 nitrogen and oxygen atoms in total. The van der Waals surface area contributed by atoms with Gasteiger partial charge in [0.25, 0.3) is 5.91 Å². The monoisotopic (exact) mass is 423 g/mol. The number of ether oxygens (including phenoxy) is 1. The van der Waals surface area contributed by atoms with Gasteiger partial charge in [-0.1, -0.05) is 32.9 Å². The van der Waals surface area contributed by atoms with Crippen molar-refractivity contribution in [2.75, 3.05) is 32.7 Å². The van der Waals surface area contributed by atoms with Crippen LogP contribution >= 0.6 is 12.4 Å². The number of carbonyl (C=O) groups is 2. The molecule has 2 heterocycles. The molecule has 0 radical (unpaired) electrons. The van der Waals surface area contributed by atoms with E-state index < -0.39 is 6.10 Å². The number of benzene rings is 1. The predicted octanol–water partition coefficient (Wildman–Crippen LogP) is 2.60. The smallest absolute Gasteiger partial charge is 0.263 e.